The first-order chi connectivity index (χ1) is 8.61. The minimum atomic E-state index is -4.21. The van der Waals surface area contributed by atoms with Gasteiger partial charge in [0.2, 0.25) is 10.0 Å². The van der Waals surface area contributed by atoms with Gasteiger partial charge in [0.05, 0.1) is 4.92 Å². The molecular formula is C11H16N2O5S. The number of nitrogens with two attached hydrogens (primary N) is 1. The summed E-state index contributed by atoms with van der Waals surface area (Å²) < 4.78 is 23.1. The van der Waals surface area contributed by atoms with Gasteiger partial charge in [-0.15, -0.1) is 0 Å². The number of hydrogen-bond donors (Lipinski definition) is 2. The molecule has 0 aliphatic rings. The number of hydrogen-bond acceptors (Lipinski definition) is 5. The maximum Gasteiger partial charge on any atom is 0.289 e. The van der Waals surface area contributed by atoms with Crippen molar-refractivity contribution in [3.63, 3.8) is 0 Å². The number of aryl methyl sites for hydroxylation is 1. The van der Waals surface area contributed by atoms with Crippen LogP contribution in [-0.2, 0) is 10.0 Å². The summed E-state index contributed by atoms with van der Waals surface area (Å²) in [6, 6.07) is 1.17. The number of benzene rings is 1. The van der Waals surface area contributed by atoms with Crippen LogP contribution in [0.4, 0.5) is 5.69 Å². The van der Waals surface area contributed by atoms with Gasteiger partial charge in [-0.25, -0.2) is 13.6 Å². The van der Waals surface area contributed by atoms with E-state index in [-0.39, 0.29) is 18.1 Å². The van der Waals surface area contributed by atoms with Crippen LogP contribution < -0.4 is 5.14 Å². The van der Waals surface area contributed by atoms with Crippen molar-refractivity contribution in [1.82, 2.24) is 0 Å². The van der Waals surface area contributed by atoms with E-state index < -0.39 is 25.5 Å². The van der Waals surface area contributed by atoms with Crippen LogP contribution in [0.25, 0.3) is 0 Å². The van der Waals surface area contributed by atoms with E-state index in [2.05, 4.69) is 0 Å². The van der Waals surface area contributed by atoms with Gasteiger partial charge in [0.25, 0.3) is 5.69 Å². The van der Waals surface area contributed by atoms with Crippen molar-refractivity contribution in [1.29, 1.82) is 0 Å². The maximum atomic E-state index is 11.6. The van der Waals surface area contributed by atoms with Gasteiger partial charge in [0.15, 0.2) is 4.90 Å². The van der Waals surface area contributed by atoms with Crippen molar-refractivity contribution in [3.8, 4) is 0 Å². The van der Waals surface area contributed by atoms with Crippen molar-refractivity contribution >= 4 is 15.7 Å². The van der Waals surface area contributed by atoms with E-state index in [0.717, 1.165) is 0 Å². The SMILES string of the molecule is Cc1cc([N+](=O)[O-])c(S(N)(=O)=O)c(C)c1[C@H](C)CO. The molecule has 0 aliphatic heterocycles. The molecule has 0 fully saturated rings. The van der Waals surface area contributed by atoms with Crippen LogP contribution in [0.1, 0.15) is 29.5 Å². The van der Waals surface area contributed by atoms with Gasteiger partial charge in [0.1, 0.15) is 0 Å². The molecule has 0 saturated heterocycles. The molecule has 0 heterocycles. The zero-order chi connectivity index (χ0) is 15.0. The third-order valence-electron chi connectivity index (χ3n) is 3.00. The zero-order valence-electron chi connectivity index (χ0n) is 10.9. The Kier molecular flexibility index (Phi) is 4.28. The topological polar surface area (TPSA) is 124 Å². The molecule has 1 aromatic carbocycles. The summed E-state index contributed by atoms with van der Waals surface area (Å²) in [7, 11) is -4.21. The lowest BCUT2D eigenvalue weighted by Gasteiger charge is -2.17. The maximum absolute atomic E-state index is 11.6. The molecule has 3 N–H and O–H groups in total. The van der Waals surface area contributed by atoms with E-state index >= 15 is 0 Å². The molecule has 19 heavy (non-hydrogen) atoms. The summed E-state index contributed by atoms with van der Waals surface area (Å²) in [5.41, 5.74) is 0.803. The molecular weight excluding hydrogens is 272 g/mol. The molecule has 0 aliphatic carbocycles. The van der Waals surface area contributed by atoms with Gasteiger partial charge >= 0.3 is 0 Å². The Morgan fingerprint density at radius 2 is 2.00 bits per heavy atom. The largest absolute Gasteiger partial charge is 0.396 e. The number of nitro benzene ring substituents is 1. The Morgan fingerprint density at radius 1 is 1.47 bits per heavy atom. The molecule has 0 radical (unpaired) electrons. The van der Waals surface area contributed by atoms with Crippen LogP contribution in [-0.4, -0.2) is 25.1 Å². The summed E-state index contributed by atoms with van der Waals surface area (Å²) in [5, 5.41) is 25.2. The molecule has 1 rings (SSSR count). The third kappa shape index (κ3) is 2.91. The average Bonchev–Trinajstić information content (AvgIpc) is 2.25. The average molecular weight is 288 g/mol. The Morgan fingerprint density at radius 3 is 2.37 bits per heavy atom. The number of sulfonamides is 1. The quantitative estimate of drug-likeness (QED) is 0.630. The lowest BCUT2D eigenvalue weighted by atomic mass is 9.92. The number of aliphatic hydroxyl groups excluding tert-OH is 1. The second-order valence-corrected chi connectivity index (χ2v) is 5.96. The molecule has 0 saturated carbocycles. The molecule has 106 valence electrons. The van der Waals surface area contributed by atoms with Gasteiger partial charge in [-0.1, -0.05) is 6.92 Å². The number of nitrogens with zero attached hydrogens (tertiary/aromatic N) is 1. The predicted molar refractivity (Wildman–Crippen MR) is 69.4 cm³/mol. The monoisotopic (exact) mass is 288 g/mol. The van der Waals surface area contributed by atoms with Crippen molar-refractivity contribution < 1.29 is 18.4 Å². The predicted octanol–water partition coefficient (Wildman–Crippen LogP) is 0.955. The highest BCUT2D eigenvalue weighted by atomic mass is 32.2. The number of primary sulfonamides is 1. The Labute approximate surface area is 111 Å². The first-order valence-corrected chi connectivity index (χ1v) is 7.08. The Hall–Kier alpha value is -1.51. The fourth-order valence-corrected chi connectivity index (χ4v) is 3.26. The summed E-state index contributed by atoms with van der Waals surface area (Å²) in [5.74, 6) is -0.332. The Balaban J connectivity index is 3.82. The normalized spacial score (nSPS) is 13.3. The highest BCUT2D eigenvalue weighted by Gasteiger charge is 2.29. The fourth-order valence-electron chi connectivity index (χ4n) is 2.30. The third-order valence-corrected chi connectivity index (χ3v) is 4.09. The lowest BCUT2D eigenvalue weighted by molar-refractivity contribution is -0.388. The standard InChI is InChI=1S/C11H16N2O5S/c1-6-4-9(13(15)16)11(19(12,17)18)8(3)10(6)7(2)5-14/h4,7,14H,5H2,1-3H3,(H2,12,17,18)/t7-/m1/s1. The van der Waals surface area contributed by atoms with E-state index in [0.29, 0.717) is 11.1 Å². The van der Waals surface area contributed by atoms with Crippen molar-refractivity contribution in [2.75, 3.05) is 6.61 Å². The van der Waals surface area contributed by atoms with Crippen LogP contribution in [0.3, 0.4) is 0 Å². The second-order valence-electron chi connectivity index (χ2n) is 4.47. The van der Waals surface area contributed by atoms with E-state index in [1.165, 1.54) is 13.0 Å². The van der Waals surface area contributed by atoms with Crippen molar-refractivity contribution in [3.05, 3.63) is 32.9 Å². The van der Waals surface area contributed by atoms with Crippen LogP contribution in [0.5, 0.6) is 0 Å². The summed E-state index contributed by atoms with van der Waals surface area (Å²) >= 11 is 0. The molecule has 0 spiro atoms. The summed E-state index contributed by atoms with van der Waals surface area (Å²) in [6.07, 6.45) is 0. The van der Waals surface area contributed by atoms with E-state index in [1.54, 1.807) is 13.8 Å². The number of nitro groups is 1. The molecule has 1 atom stereocenters. The number of aliphatic hydroxyl groups is 1. The smallest absolute Gasteiger partial charge is 0.289 e. The minimum absolute atomic E-state index is 0.191. The van der Waals surface area contributed by atoms with Crippen LogP contribution in [0, 0.1) is 24.0 Å². The van der Waals surface area contributed by atoms with Crippen molar-refractivity contribution in [2.24, 2.45) is 5.14 Å². The Bertz CT molecular complexity index is 624. The highest BCUT2D eigenvalue weighted by molar-refractivity contribution is 7.89. The van der Waals surface area contributed by atoms with Gasteiger partial charge in [-0.3, -0.25) is 10.1 Å². The molecule has 0 unspecified atom stereocenters. The van der Waals surface area contributed by atoms with E-state index in [1.807, 2.05) is 0 Å². The first kappa shape index (κ1) is 15.5. The van der Waals surface area contributed by atoms with E-state index in [9.17, 15) is 23.6 Å². The fraction of sp³-hybridized carbons (Fsp3) is 0.455. The van der Waals surface area contributed by atoms with Crippen LogP contribution in [0.2, 0.25) is 0 Å². The lowest BCUT2D eigenvalue weighted by Crippen LogP contribution is -2.18. The molecule has 0 aromatic heterocycles. The van der Waals surface area contributed by atoms with Gasteiger partial charge in [0, 0.05) is 18.6 Å². The van der Waals surface area contributed by atoms with Gasteiger partial charge in [-0.2, -0.15) is 0 Å². The molecule has 7 nitrogen and oxygen atoms in total. The van der Waals surface area contributed by atoms with Gasteiger partial charge < -0.3 is 5.11 Å². The van der Waals surface area contributed by atoms with Crippen LogP contribution in [0.15, 0.2) is 11.0 Å². The first-order valence-electron chi connectivity index (χ1n) is 5.53. The summed E-state index contributed by atoms with van der Waals surface area (Å²) in [4.78, 5) is 9.70. The summed E-state index contributed by atoms with van der Waals surface area (Å²) in [6.45, 7) is 4.60. The molecule has 0 bridgehead atoms. The van der Waals surface area contributed by atoms with E-state index in [4.69, 9.17) is 5.14 Å². The van der Waals surface area contributed by atoms with Gasteiger partial charge in [-0.05, 0) is 30.5 Å². The highest BCUT2D eigenvalue weighted by Crippen LogP contribution is 2.34. The molecule has 0 amide bonds. The van der Waals surface area contributed by atoms with Crippen molar-refractivity contribution in [2.45, 2.75) is 31.6 Å². The minimum Gasteiger partial charge on any atom is -0.396 e. The number of rotatable bonds is 4. The van der Waals surface area contributed by atoms with Crippen LogP contribution >= 0.6 is 0 Å². The molecule has 1 aromatic rings. The second kappa shape index (κ2) is 5.24. The molecule has 8 heteroatoms. The zero-order valence-corrected chi connectivity index (χ0v) is 11.7.